The molecule has 2 atom stereocenters. The fourth-order valence-corrected chi connectivity index (χ4v) is 4.67. The lowest BCUT2D eigenvalue weighted by Gasteiger charge is -2.27. The summed E-state index contributed by atoms with van der Waals surface area (Å²) in [5, 5.41) is 12.6. The molecule has 0 spiro atoms. The van der Waals surface area contributed by atoms with E-state index in [1.807, 2.05) is 56.3 Å². The summed E-state index contributed by atoms with van der Waals surface area (Å²) in [7, 11) is 0. The lowest BCUT2D eigenvalue weighted by molar-refractivity contribution is -0.148. The maximum absolute atomic E-state index is 13.4. The number of aliphatic carboxylic acids is 1. The van der Waals surface area contributed by atoms with E-state index in [0.29, 0.717) is 30.9 Å². The predicted molar refractivity (Wildman–Crippen MR) is 128 cm³/mol. The van der Waals surface area contributed by atoms with Gasteiger partial charge in [0.05, 0.1) is 18.3 Å². The minimum absolute atomic E-state index is 0.194. The molecule has 0 aromatic heterocycles. The van der Waals surface area contributed by atoms with Gasteiger partial charge in [0.2, 0.25) is 5.91 Å². The van der Waals surface area contributed by atoms with E-state index in [-0.39, 0.29) is 11.8 Å². The number of ether oxygens (including phenoxy) is 1. The smallest absolute Gasteiger partial charge is 0.323 e. The van der Waals surface area contributed by atoms with Crippen molar-refractivity contribution in [2.45, 2.75) is 43.7 Å². The third-order valence-corrected chi connectivity index (χ3v) is 6.39. The molecule has 0 saturated carbocycles. The van der Waals surface area contributed by atoms with Crippen molar-refractivity contribution >= 4 is 35.3 Å². The number of rotatable bonds is 10. The number of nitrogens with zero attached hydrogens (tertiary/aromatic N) is 1. The maximum Gasteiger partial charge on any atom is 0.323 e. The molecule has 1 heterocycles. The van der Waals surface area contributed by atoms with Crippen LogP contribution in [0.3, 0.4) is 0 Å². The Morgan fingerprint density at radius 3 is 2.55 bits per heavy atom. The fraction of sp³-hybridized carbons (Fsp3) is 0.400. The van der Waals surface area contributed by atoms with Crippen LogP contribution in [-0.2, 0) is 25.5 Å². The average molecular weight is 471 g/mol. The van der Waals surface area contributed by atoms with Gasteiger partial charge in [0, 0.05) is 10.6 Å². The summed E-state index contributed by atoms with van der Waals surface area (Å²) >= 11 is 1.47. The Labute approximate surface area is 198 Å². The molecule has 0 fully saturated rings. The van der Waals surface area contributed by atoms with Gasteiger partial charge in [-0.25, -0.2) is 0 Å². The predicted octanol–water partition coefficient (Wildman–Crippen LogP) is 3.37. The number of aryl methyl sites for hydroxylation is 1. The number of benzene rings is 2. The Balaban J connectivity index is 1.79. The Bertz CT molecular complexity index is 966. The van der Waals surface area contributed by atoms with Crippen LogP contribution in [-0.4, -0.2) is 53.9 Å². The number of carboxylic acids is 1. The van der Waals surface area contributed by atoms with Crippen LogP contribution in [0.25, 0.3) is 0 Å². The van der Waals surface area contributed by atoms with Gasteiger partial charge in [-0.3, -0.25) is 24.6 Å². The molecule has 0 saturated heterocycles. The maximum atomic E-state index is 13.4. The third kappa shape index (κ3) is 7.07. The molecule has 8 heteroatoms. The van der Waals surface area contributed by atoms with Crippen molar-refractivity contribution in [3.8, 4) is 0 Å². The van der Waals surface area contributed by atoms with Crippen molar-refractivity contribution in [2.24, 2.45) is 5.92 Å². The van der Waals surface area contributed by atoms with Crippen molar-refractivity contribution in [1.29, 1.82) is 0 Å². The molecule has 176 valence electrons. The first-order chi connectivity index (χ1) is 15.8. The molecule has 1 aliphatic rings. The number of anilines is 1. The summed E-state index contributed by atoms with van der Waals surface area (Å²) in [6.45, 7) is 3.78. The minimum atomic E-state index is -1.10. The highest BCUT2D eigenvalue weighted by Gasteiger charge is 2.35. The van der Waals surface area contributed by atoms with Crippen molar-refractivity contribution in [2.75, 3.05) is 23.8 Å². The molecular formula is C25H30N2O5S. The molecule has 0 aliphatic carbocycles. The van der Waals surface area contributed by atoms with E-state index in [1.54, 1.807) is 12.1 Å². The Kier molecular flexibility index (Phi) is 8.91. The summed E-state index contributed by atoms with van der Waals surface area (Å²) in [6.07, 6.45) is 1.10. The van der Waals surface area contributed by atoms with Crippen LogP contribution in [0.15, 0.2) is 59.5 Å². The lowest BCUT2D eigenvalue weighted by atomic mass is 10.0. The Hall–Kier alpha value is -2.84. The Morgan fingerprint density at radius 1 is 1.15 bits per heavy atom. The average Bonchev–Trinajstić information content (AvgIpc) is 2.92. The van der Waals surface area contributed by atoms with Crippen molar-refractivity contribution in [3.63, 3.8) is 0 Å². The van der Waals surface area contributed by atoms with Gasteiger partial charge in [-0.15, -0.1) is 11.8 Å². The summed E-state index contributed by atoms with van der Waals surface area (Å²) in [5.74, 6) is -1.29. The number of hydrogen-bond acceptors (Lipinski definition) is 6. The SMILES string of the molecule is CC(C)COC(=O)C(CCc1ccccc1)N[C@H]1CSc2ccccc2N(CC(=O)O)C1=O. The van der Waals surface area contributed by atoms with E-state index in [9.17, 15) is 19.5 Å². The zero-order valence-electron chi connectivity index (χ0n) is 18.9. The summed E-state index contributed by atoms with van der Waals surface area (Å²) < 4.78 is 5.49. The molecule has 2 N–H and O–H groups in total. The molecule has 0 radical (unpaired) electrons. The van der Waals surface area contributed by atoms with E-state index in [4.69, 9.17) is 4.74 Å². The number of nitrogens with one attached hydrogen (secondary N) is 1. The van der Waals surface area contributed by atoms with E-state index < -0.39 is 30.6 Å². The molecule has 1 unspecified atom stereocenters. The van der Waals surface area contributed by atoms with Gasteiger partial charge in [-0.1, -0.05) is 56.3 Å². The number of thioether (sulfide) groups is 1. The second-order valence-corrected chi connectivity index (χ2v) is 9.48. The quantitative estimate of drug-likeness (QED) is 0.514. The van der Waals surface area contributed by atoms with Gasteiger partial charge in [-0.2, -0.15) is 0 Å². The summed E-state index contributed by atoms with van der Waals surface area (Å²) in [6, 6.07) is 15.7. The standard InChI is InChI=1S/C25H30N2O5S/c1-17(2)15-32-25(31)19(13-12-18-8-4-3-5-9-18)26-20-16-33-22-11-7-6-10-21(22)27(24(20)30)14-23(28)29/h3-11,17,19-20,26H,12-16H2,1-2H3,(H,28,29)/t19?,20-/m0/s1. The molecule has 2 aromatic rings. The third-order valence-electron chi connectivity index (χ3n) is 5.23. The van der Waals surface area contributed by atoms with E-state index in [1.165, 1.54) is 16.7 Å². The van der Waals surface area contributed by atoms with Gasteiger partial charge >= 0.3 is 11.9 Å². The summed E-state index contributed by atoms with van der Waals surface area (Å²) in [5.41, 5.74) is 1.66. The number of carbonyl (C=O) groups is 3. The van der Waals surface area contributed by atoms with E-state index >= 15 is 0 Å². The van der Waals surface area contributed by atoms with Gasteiger partial charge in [0.15, 0.2) is 0 Å². The number of carboxylic acid groups (broad SMARTS) is 1. The largest absolute Gasteiger partial charge is 0.480 e. The second kappa shape index (κ2) is 11.9. The molecule has 7 nitrogen and oxygen atoms in total. The molecule has 2 aromatic carbocycles. The first-order valence-electron chi connectivity index (χ1n) is 11.1. The van der Waals surface area contributed by atoms with Gasteiger partial charge in [0.25, 0.3) is 0 Å². The van der Waals surface area contributed by atoms with Crippen LogP contribution in [0.1, 0.15) is 25.8 Å². The zero-order chi connectivity index (χ0) is 23.8. The van der Waals surface area contributed by atoms with E-state index in [2.05, 4.69) is 5.32 Å². The van der Waals surface area contributed by atoms with Crippen LogP contribution in [0.5, 0.6) is 0 Å². The van der Waals surface area contributed by atoms with Crippen LogP contribution in [0.2, 0.25) is 0 Å². The van der Waals surface area contributed by atoms with Crippen molar-refractivity contribution in [1.82, 2.24) is 5.32 Å². The van der Waals surface area contributed by atoms with Gasteiger partial charge in [-0.05, 0) is 36.5 Å². The first-order valence-corrected chi connectivity index (χ1v) is 12.0. The van der Waals surface area contributed by atoms with E-state index in [0.717, 1.165) is 10.5 Å². The number of amides is 1. The van der Waals surface area contributed by atoms with Crippen LogP contribution >= 0.6 is 11.8 Å². The van der Waals surface area contributed by atoms with Gasteiger partial charge in [0.1, 0.15) is 12.6 Å². The number of esters is 1. The Morgan fingerprint density at radius 2 is 1.85 bits per heavy atom. The summed E-state index contributed by atoms with van der Waals surface area (Å²) in [4.78, 5) is 39.9. The molecule has 1 amide bonds. The number of hydrogen-bond donors (Lipinski definition) is 2. The number of fused-ring (bicyclic) bond motifs is 1. The topological polar surface area (TPSA) is 95.9 Å². The molecule has 3 rings (SSSR count). The van der Waals surface area contributed by atoms with Crippen LogP contribution in [0, 0.1) is 5.92 Å². The minimum Gasteiger partial charge on any atom is -0.480 e. The monoisotopic (exact) mass is 470 g/mol. The highest BCUT2D eigenvalue weighted by molar-refractivity contribution is 7.99. The molecule has 33 heavy (non-hydrogen) atoms. The van der Waals surface area contributed by atoms with Crippen LogP contribution < -0.4 is 10.2 Å². The highest BCUT2D eigenvalue weighted by Crippen LogP contribution is 2.34. The number of para-hydroxylation sites is 1. The molecule has 0 bridgehead atoms. The highest BCUT2D eigenvalue weighted by atomic mass is 32.2. The molecule has 1 aliphatic heterocycles. The normalized spacial score (nSPS) is 16.8. The fourth-order valence-electron chi connectivity index (χ4n) is 3.59. The van der Waals surface area contributed by atoms with Crippen LogP contribution in [0.4, 0.5) is 5.69 Å². The van der Waals surface area contributed by atoms with Crippen molar-refractivity contribution in [3.05, 3.63) is 60.2 Å². The zero-order valence-corrected chi connectivity index (χ0v) is 19.7. The lowest BCUT2D eigenvalue weighted by Crippen LogP contribution is -2.54. The van der Waals surface area contributed by atoms with Gasteiger partial charge < -0.3 is 9.84 Å². The molecular weight excluding hydrogens is 440 g/mol. The second-order valence-electron chi connectivity index (χ2n) is 8.42. The van der Waals surface area contributed by atoms with Crippen molar-refractivity contribution < 1.29 is 24.2 Å². The first kappa shape index (κ1) is 24.8. The number of carbonyl (C=O) groups excluding carboxylic acids is 2.